The van der Waals surface area contributed by atoms with E-state index in [4.69, 9.17) is 0 Å². The third-order valence-electron chi connectivity index (χ3n) is 1.21. The molecule has 0 fully saturated rings. The summed E-state index contributed by atoms with van der Waals surface area (Å²) in [5, 5.41) is 0. The van der Waals surface area contributed by atoms with E-state index in [1.807, 2.05) is 0 Å². The predicted molar refractivity (Wildman–Crippen MR) is 38.5 cm³/mol. The van der Waals surface area contributed by atoms with Gasteiger partial charge in [0.15, 0.2) is 0 Å². The van der Waals surface area contributed by atoms with E-state index in [9.17, 15) is 22.8 Å². The molecule has 15 heavy (non-hydrogen) atoms. The zero-order chi connectivity index (χ0) is 11.5. The number of hydrogen-bond donors (Lipinski definition) is 0. The molecule has 0 aromatic carbocycles. The molecular weight excluding hydrogens is 217 g/mol. The van der Waals surface area contributed by atoms with Gasteiger partial charge in [-0.1, -0.05) is 0 Å². The van der Waals surface area contributed by atoms with Gasteiger partial charge in [0.1, 0.15) is 6.33 Å². The SMILES string of the molecule is O=C(OC(=O)C(F)(F)F)c1cncnc1. The van der Waals surface area contributed by atoms with Crippen molar-refractivity contribution < 1.29 is 27.5 Å². The van der Waals surface area contributed by atoms with Crippen molar-refractivity contribution in [1.82, 2.24) is 9.97 Å². The van der Waals surface area contributed by atoms with Crippen LogP contribution in [-0.4, -0.2) is 28.1 Å². The second kappa shape index (κ2) is 4.03. The largest absolute Gasteiger partial charge is 0.491 e. The minimum Gasteiger partial charge on any atom is -0.383 e. The zero-order valence-electron chi connectivity index (χ0n) is 6.99. The van der Waals surface area contributed by atoms with E-state index in [2.05, 4.69) is 14.7 Å². The number of alkyl halides is 3. The normalized spacial score (nSPS) is 10.9. The zero-order valence-corrected chi connectivity index (χ0v) is 6.99. The molecule has 0 amide bonds. The molecule has 0 saturated carbocycles. The summed E-state index contributed by atoms with van der Waals surface area (Å²) in [6.45, 7) is 0. The van der Waals surface area contributed by atoms with Gasteiger partial charge in [-0.2, -0.15) is 13.2 Å². The van der Waals surface area contributed by atoms with Gasteiger partial charge < -0.3 is 4.74 Å². The fraction of sp³-hybridized carbons (Fsp3) is 0.143. The Balaban J connectivity index is 2.70. The smallest absolute Gasteiger partial charge is 0.383 e. The Kier molecular flexibility index (Phi) is 2.98. The second-order valence-electron chi connectivity index (χ2n) is 2.30. The van der Waals surface area contributed by atoms with Crippen LogP contribution in [-0.2, 0) is 9.53 Å². The molecular formula is C7H3F3N2O3. The van der Waals surface area contributed by atoms with Crippen LogP contribution in [0, 0.1) is 0 Å². The van der Waals surface area contributed by atoms with Crippen LogP contribution in [0.25, 0.3) is 0 Å². The molecule has 80 valence electrons. The van der Waals surface area contributed by atoms with Crippen molar-refractivity contribution in [3.05, 3.63) is 24.3 Å². The number of hydrogen-bond acceptors (Lipinski definition) is 5. The first-order chi connectivity index (χ1) is 6.91. The van der Waals surface area contributed by atoms with E-state index < -0.39 is 18.1 Å². The van der Waals surface area contributed by atoms with Crippen LogP contribution in [0.4, 0.5) is 13.2 Å². The van der Waals surface area contributed by atoms with Crippen molar-refractivity contribution in [3.63, 3.8) is 0 Å². The Hall–Kier alpha value is -1.99. The fourth-order valence-electron chi connectivity index (χ4n) is 0.605. The number of halogens is 3. The highest BCUT2D eigenvalue weighted by atomic mass is 19.4. The first-order valence-electron chi connectivity index (χ1n) is 3.49. The van der Waals surface area contributed by atoms with E-state index >= 15 is 0 Å². The van der Waals surface area contributed by atoms with Crippen molar-refractivity contribution in [3.8, 4) is 0 Å². The van der Waals surface area contributed by atoms with Gasteiger partial charge in [0.05, 0.1) is 5.56 Å². The van der Waals surface area contributed by atoms with Gasteiger partial charge in [0, 0.05) is 12.4 Å². The monoisotopic (exact) mass is 220 g/mol. The Morgan fingerprint density at radius 2 is 1.73 bits per heavy atom. The summed E-state index contributed by atoms with van der Waals surface area (Å²) in [5.41, 5.74) is -0.338. The summed E-state index contributed by atoms with van der Waals surface area (Å²) in [6, 6.07) is 0. The molecule has 0 aliphatic heterocycles. The number of esters is 2. The lowest BCUT2D eigenvalue weighted by atomic mass is 10.3. The van der Waals surface area contributed by atoms with Crippen molar-refractivity contribution in [2.24, 2.45) is 0 Å². The second-order valence-corrected chi connectivity index (χ2v) is 2.30. The lowest BCUT2D eigenvalue weighted by molar-refractivity contribution is -0.193. The average molecular weight is 220 g/mol. The predicted octanol–water partition coefficient (Wildman–Crippen LogP) is 0.722. The van der Waals surface area contributed by atoms with Gasteiger partial charge in [-0.15, -0.1) is 0 Å². The maximum atomic E-state index is 11.7. The Bertz CT molecular complexity index is 377. The molecule has 0 spiro atoms. The number of nitrogens with zero attached hydrogens (tertiary/aromatic N) is 2. The fourth-order valence-corrected chi connectivity index (χ4v) is 0.605. The number of aromatic nitrogens is 2. The van der Waals surface area contributed by atoms with Gasteiger partial charge in [0.25, 0.3) is 0 Å². The lowest BCUT2D eigenvalue weighted by Crippen LogP contribution is -2.28. The molecule has 0 aliphatic rings. The summed E-state index contributed by atoms with van der Waals surface area (Å²) in [7, 11) is 0. The lowest BCUT2D eigenvalue weighted by Gasteiger charge is -2.04. The van der Waals surface area contributed by atoms with Gasteiger partial charge in [0.2, 0.25) is 0 Å². The Labute approximate surface area is 80.9 Å². The molecule has 8 heteroatoms. The standard InChI is InChI=1S/C7H3F3N2O3/c8-7(9,10)6(14)15-5(13)4-1-11-3-12-2-4/h1-3H. The summed E-state index contributed by atoms with van der Waals surface area (Å²) < 4.78 is 38.5. The van der Waals surface area contributed by atoms with Crippen LogP contribution in [0.15, 0.2) is 18.7 Å². The third-order valence-corrected chi connectivity index (χ3v) is 1.21. The van der Waals surface area contributed by atoms with Crippen LogP contribution in [0.5, 0.6) is 0 Å². The number of rotatable bonds is 1. The molecule has 0 aliphatic carbocycles. The topological polar surface area (TPSA) is 69.2 Å². The summed E-state index contributed by atoms with van der Waals surface area (Å²) >= 11 is 0. The average Bonchev–Trinajstić information content (AvgIpc) is 2.17. The Morgan fingerprint density at radius 3 is 2.20 bits per heavy atom. The summed E-state index contributed by atoms with van der Waals surface area (Å²) in [6.07, 6.45) is -2.27. The van der Waals surface area contributed by atoms with Gasteiger partial charge in [-0.3, -0.25) is 0 Å². The van der Waals surface area contributed by atoms with E-state index in [-0.39, 0.29) is 5.56 Å². The molecule has 0 bridgehead atoms. The Morgan fingerprint density at radius 1 is 1.20 bits per heavy atom. The number of ether oxygens (including phenoxy) is 1. The van der Waals surface area contributed by atoms with Crippen LogP contribution < -0.4 is 0 Å². The third kappa shape index (κ3) is 3.01. The van der Waals surface area contributed by atoms with Crippen LogP contribution in [0.2, 0.25) is 0 Å². The van der Waals surface area contributed by atoms with Crippen LogP contribution in [0.3, 0.4) is 0 Å². The minimum absolute atomic E-state index is 0.338. The first-order valence-corrected chi connectivity index (χ1v) is 3.49. The molecule has 5 nitrogen and oxygen atoms in total. The van der Waals surface area contributed by atoms with Crippen LogP contribution in [0.1, 0.15) is 10.4 Å². The van der Waals surface area contributed by atoms with Crippen molar-refractivity contribution in [1.29, 1.82) is 0 Å². The van der Waals surface area contributed by atoms with Gasteiger partial charge in [-0.05, 0) is 0 Å². The first kappa shape index (κ1) is 11.1. The molecule has 1 aromatic heterocycles. The molecule has 0 unspecified atom stereocenters. The quantitative estimate of drug-likeness (QED) is 0.515. The highest BCUT2D eigenvalue weighted by Crippen LogP contribution is 2.17. The maximum Gasteiger partial charge on any atom is 0.491 e. The molecule has 0 atom stereocenters. The van der Waals surface area contributed by atoms with E-state index in [1.54, 1.807) is 0 Å². The van der Waals surface area contributed by atoms with E-state index in [0.717, 1.165) is 18.7 Å². The van der Waals surface area contributed by atoms with Crippen molar-refractivity contribution in [2.45, 2.75) is 6.18 Å². The highest BCUT2D eigenvalue weighted by Gasteiger charge is 2.42. The van der Waals surface area contributed by atoms with E-state index in [0.29, 0.717) is 0 Å². The van der Waals surface area contributed by atoms with E-state index in [1.165, 1.54) is 0 Å². The molecule has 1 heterocycles. The van der Waals surface area contributed by atoms with Gasteiger partial charge >= 0.3 is 18.1 Å². The summed E-state index contributed by atoms with van der Waals surface area (Å²) in [5.74, 6) is -4.02. The summed E-state index contributed by atoms with van der Waals surface area (Å²) in [4.78, 5) is 27.9. The molecule has 0 N–H and O–H groups in total. The molecule has 0 radical (unpaired) electrons. The molecule has 1 rings (SSSR count). The highest BCUT2D eigenvalue weighted by molar-refractivity contribution is 5.97. The molecule has 0 saturated heterocycles. The number of carbonyl (C=O) groups is 2. The maximum absolute atomic E-state index is 11.7. The van der Waals surface area contributed by atoms with Crippen molar-refractivity contribution >= 4 is 11.9 Å². The minimum atomic E-state index is -5.20. The number of carbonyl (C=O) groups excluding carboxylic acids is 2. The van der Waals surface area contributed by atoms with Crippen molar-refractivity contribution in [2.75, 3.05) is 0 Å². The molecule has 1 aromatic rings. The van der Waals surface area contributed by atoms with Crippen LogP contribution >= 0.6 is 0 Å². The van der Waals surface area contributed by atoms with Gasteiger partial charge in [-0.25, -0.2) is 19.6 Å².